The molecular formula is C15H25FN2O2S. The summed E-state index contributed by atoms with van der Waals surface area (Å²) in [5, 5.41) is 0. The first kappa shape index (κ1) is 18.1. The standard InChI is InChI=1S/C15H25FN2O2S/c1-3-18(4-2)13-7-5-6-12-17-21(19,20)15-10-8-14(16)9-11-15/h8-11,17H,3-7,12-13H2,1-2H3. The minimum absolute atomic E-state index is 0.104. The Morgan fingerprint density at radius 2 is 1.67 bits per heavy atom. The van der Waals surface area contributed by atoms with Crippen LogP contribution in [0.3, 0.4) is 0 Å². The van der Waals surface area contributed by atoms with E-state index in [0.717, 1.165) is 51.0 Å². The SMILES string of the molecule is CCN(CC)CCCCCNS(=O)(=O)c1ccc(F)cc1. The molecular weight excluding hydrogens is 291 g/mol. The molecule has 0 fully saturated rings. The topological polar surface area (TPSA) is 49.4 Å². The molecule has 0 atom stereocenters. The van der Waals surface area contributed by atoms with Crippen molar-refractivity contribution in [2.45, 2.75) is 38.0 Å². The number of hydrogen-bond acceptors (Lipinski definition) is 3. The maximum Gasteiger partial charge on any atom is 0.240 e. The summed E-state index contributed by atoms with van der Waals surface area (Å²) < 4.78 is 39.2. The molecule has 0 spiro atoms. The van der Waals surface area contributed by atoms with Gasteiger partial charge in [-0.2, -0.15) is 0 Å². The van der Waals surface area contributed by atoms with Gasteiger partial charge in [-0.15, -0.1) is 0 Å². The minimum atomic E-state index is -3.52. The molecule has 1 aromatic carbocycles. The van der Waals surface area contributed by atoms with Crippen LogP contribution < -0.4 is 4.72 Å². The molecule has 0 aliphatic carbocycles. The molecule has 0 aliphatic heterocycles. The van der Waals surface area contributed by atoms with E-state index in [0.29, 0.717) is 6.54 Å². The molecule has 0 aromatic heterocycles. The van der Waals surface area contributed by atoms with E-state index in [4.69, 9.17) is 0 Å². The maximum absolute atomic E-state index is 12.8. The molecule has 1 N–H and O–H groups in total. The fraction of sp³-hybridized carbons (Fsp3) is 0.600. The highest BCUT2D eigenvalue weighted by Crippen LogP contribution is 2.09. The smallest absolute Gasteiger partial charge is 0.240 e. The van der Waals surface area contributed by atoms with E-state index >= 15 is 0 Å². The summed E-state index contributed by atoms with van der Waals surface area (Å²) in [4.78, 5) is 2.45. The van der Waals surface area contributed by atoms with E-state index in [9.17, 15) is 12.8 Å². The van der Waals surface area contributed by atoms with Crippen LogP contribution in [0.15, 0.2) is 29.2 Å². The number of nitrogens with zero attached hydrogens (tertiary/aromatic N) is 1. The maximum atomic E-state index is 12.8. The number of halogens is 1. The molecule has 0 saturated heterocycles. The molecule has 21 heavy (non-hydrogen) atoms. The second-order valence-corrected chi connectivity index (χ2v) is 6.71. The van der Waals surface area contributed by atoms with Gasteiger partial charge in [0.15, 0.2) is 0 Å². The highest BCUT2D eigenvalue weighted by molar-refractivity contribution is 7.89. The van der Waals surface area contributed by atoms with Crippen molar-refractivity contribution >= 4 is 10.0 Å². The molecule has 0 amide bonds. The van der Waals surface area contributed by atoms with E-state index in [1.165, 1.54) is 12.1 Å². The first-order valence-corrected chi connectivity index (χ1v) is 8.95. The molecule has 0 radical (unpaired) electrons. The van der Waals surface area contributed by atoms with Gasteiger partial charge in [-0.3, -0.25) is 0 Å². The van der Waals surface area contributed by atoms with Gasteiger partial charge in [0.05, 0.1) is 4.90 Å². The zero-order valence-electron chi connectivity index (χ0n) is 12.8. The van der Waals surface area contributed by atoms with Gasteiger partial charge in [0.1, 0.15) is 5.82 Å². The van der Waals surface area contributed by atoms with Crippen LogP contribution in [-0.2, 0) is 10.0 Å². The van der Waals surface area contributed by atoms with Crippen LogP contribution >= 0.6 is 0 Å². The molecule has 0 aliphatic rings. The Morgan fingerprint density at radius 3 is 2.24 bits per heavy atom. The zero-order chi connectivity index (χ0) is 15.7. The second kappa shape index (κ2) is 9.12. The van der Waals surface area contributed by atoms with Gasteiger partial charge in [0, 0.05) is 6.54 Å². The fourth-order valence-electron chi connectivity index (χ4n) is 2.08. The van der Waals surface area contributed by atoms with E-state index in [1.54, 1.807) is 0 Å². The van der Waals surface area contributed by atoms with Crippen molar-refractivity contribution in [1.82, 2.24) is 9.62 Å². The first-order chi connectivity index (χ1) is 9.99. The van der Waals surface area contributed by atoms with Gasteiger partial charge in [-0.1, -0.05) is 20.3 Å². The lowest BCUT2D eigenvalue weighted by molar-refractivity contribution is 0.296. The molecule has 4 nitrogen and oxygen atoms in total. The second-order valence-electron chi connectivity index (χ2n) is 4.94. The molecule has 0 bridgehead atoms. The quantitative estimate of drug-likeness (QED) is 0.675. The Kier molecular flexibility index (Phi) is 7.85. The van der Waals surface area contributed by atoms with Crippen molar-refractivity contribution in [3.63, 3.8) is 0 Å². The predicted molar refractivity (Wildman–Crippen MR) is 83.2 cm³/mol. The number of benzene rings is 1. The summed E-state index contributed by atoms with van der Waals surface area (Å²) in [7, 11) is -3.52. The van der Waals surface area contributed by atoms with Crippen LogP contribution in [0, 0.1) is 5.82 Å². The van der Waals surface area contributed by atoms with Crippen molar-refractivity contribution in [2.24, 2.45) is 0 Å². The van der Waals surface area contributed by atoms with Gasteiger partial charge in [0.2, 0.25) is 10.0 Å². The lowest BCUT2D eigenvalue weighted by atomic mass is 10.2. The molecule has 0 heterocycles. The Balaban J connectivity index is 2.27. The summed E-state index contributed by atoms with van der Waals surface area (Å²) in [6, 6.07) is 4.85. The average Bonchev–Trinajstić information content (AvgIpc) is 2.47. The zero-order valence-corrected chi connectivity index (χ0v) is 13.6. The fourth-order valence-corrected chi connectivity index (χ4v) is 3.15. The molecule has 120 valence electrons. The van der Waals surface area contributed by atoms with E-state index < -0.39 is 15.8 Å². The van der Waals surface area contributed by atoms with Crippen molar-refractivity contribution < 1.29 is 12.8 Å². The lowest BCUT2D eigenvalue weighted by Crippen LogP contribution is -2.26. The van der Waals surface area contributed by atoms with Crippen LogP contribution in [0.25, 0.3) is 0 Å². The highest BCUT2D eigenvalue weighted by Gasteiger charge is 2.12. The van der Waals surface area contributed by atoms with Gasteiger partial charge in [-0.25, -0.2) is 17.5 Å². The average molecular weight is 316 g/mol. The van der Waals surface area contributed by atoms with Gasteiger partial charge in [-0.05, 0) is 56.7 Å². The third-order valence-electron chi connectivity index (χ3n) is 3.46. The summed E-state index contributed by atoms with van der Waals surface area (Å²) in [6.07, 6.45) is 2.87. The van der Waals surface area contributed by atoms with Crippen molar-refractivity contribution in [1.29, 1.82) is 0 Å². The predicted octanol–water partition coefficient (Wildman–Crippen LogP) is 2.62. The third kappa shape index (κ3) is 6.54. The monoisotopic (exact) mass is 316 g/mol. The Morgan fingerprint density at radius 1 is 1.05 bits per heavy atom. The Labute approximate surface area is 127 Å². The van der Waals surface area contributed by atoms with Gasteiger partial charge in [0.25, 0.3) is 0 Å². The number of unbranched alkanes of at least 4 members (excludes halogenated alkanes) is 2. The molecule has 1 aromatic rings. The van der Waals surface area contributed by atoms with Crippen LogP contribution in [-0.4, -0.2) is 39.5 Å². The van der Waals surface area contributed by atoms with Crippen LogP contribution in [0.2, 0.25) is 0 Å². The van der Waals surface area contributed by atoms with E-state index in [-0.39, 0.29) is 4.90 Å². The minimum Gasteiger partial charge on any atom is -0.304 e. The number of nitrogens with one attached hydrogen (secondary N) is 1. The van der Waals surface area contributed by atoms with Crippen LogP contribution in [0.1, 0.15) is 33.1 Å². The Bertz CT molecular complexity index is 499. The lowest BCUT2D eigenvalue weighted by Gasteiger charge is -2.17. The summed E-state index contributed by atoms with van der Waals surface area (Å²) in [5.41, 5.74) is 0. The van der Waals surface area contributed by atoms with E-state index in [2.05, 4.69) is 23.5 Å². The molecule has 0 saturated carbocycles. The first-order valence-electron chi connectivity index (χ1n) is 7.47. The Hall–Kier alpha value is -0.980. The normalized spacial score (nSPS) is 12.0. The molecule has 0 unspecified atom stereocenters. The number of hydrogen-bond donors (Lipinski definition) is 1. The van der Waals surface area contributed by atoms with Crippen molar-refractivity contribution in [3.8, 4) is 0 Å². The number of rotatable bonds is 10. The number of sulfonamides is 1. The van der Waals surface area contributed by atoms with Crippen molar-refractivity contribution in [3.05, 3.63) is 30.1 Å². The van der Waals surface area contributed by atoms with E-state index in [1.807, 2.05) is 0 Å². The van der Waals surface area contributed by atoms with Crippen molar-refractivity contribution in [2.75, 3.05) is 26.2 Å². The molecule has 1 rings (SSSR count). The van der Waals surface area contributed by atoms with Crippen LogP contribution in [0.4, 0.5) is 4.39 Å². The summed E-state index contributed by atoms with van der Waals surface area (Å²) in [6.45, 7) is 7.84. The highest BCUT2D eigenvalue weighted by atomic mass is 32.2. The summed E-state index contributed by atoms with van der Waals surface area (Å²) >= 11 is 0. The molecule has 6 heteroatoms. The van der Waals surface area contributed by atoms with Gasteiger partial charge < -0.3 is 4.90 Å². The van der Waals surface area contributed by atoms with Gasteiger partial charge >= 0.3 is 0 Å². The largest absolute Gasteiger partial charge is 0.304 e. The summed E-state index contributed by atoms with van der Waals surface area (Å²) in [5.74, 6) is -0.439. The third-order valence-corrected chi connectivity index (χ3v) is 4.94. The van der Waals surface area contributed by atoms with Crippen LogP contribution in [0.5, 0.6) is 0 Å².